The Bertz CT molecular complexity index is 376. The van der Waals surface area contributed by atoms with Crippen LogP contribution in [0.4, 0.5) is 5.69 Å². The van der Waals surface area contributed by atoms with Crippen LogP contribution >= 0.6 is 0 Å². The molecule has 1 atom stereocenters. The summed E-state index contributed by atoms with van der Waals surface area (Å²) in [6, 6.07) is 9.21. The molecule has 0 aliphatic heterocycles. The predicted molar refractivity (Wildman–Crippen MR) is 60.8 cm³/mol. The molecule has 1 rings (SSSR count). The summed E-state index contributed by atoms with van der Waals surface area (Å²) in [5.41, 5.74) is 1.68. The van der Waals surface area contributed by atoms with Gasteiger partial charge in [-0.3, -0.25) is 0 Å². The second-order valence-electron chi connectivity index (χ2n) is 3.28. The fourth-order valence-corrected chi connectivity index (χ4v) is 1.12. The van der Waals surface area contributed by atoms with Crippen LogP contribution in [0.25, 0.3) is 0 Å². The summed E-state index contributed by atoms with van der Waals surface area (Å²) in [4.78, 5) is 0. The molecule has 0 fully saturated rings. The van der Waals surface area contributed by atoms with Gasteiger partial charge in [0.05, 0.1) is 13.2 Å². The molecule has 0 bridgehead atoms. The Kier molecular flexibility index (Phi) is 3.75. The maximum Gasteiger partial charge on any atom is 0.135 e. The molecule has 3 heteroatoms. The summed E-state index contributed by atoms with van der Waals surface area (Å²) in [5, 5.41) is 11.9. The Hall–Kier alpha value is -1.95. The number of anilines is 1. The van der Waals surface area contributed by atoms with Gasteiger partial charge in [0.25, 0.3) is 0 Å². The molecule has 0 radical (unpaired) electrons. The third kappa shape index (κ3) is 3.03. The topological polar surface area (TPSA) is 45.0 Å². The number of benzene rings is 1. The van der Waals surface area contributed by atoms with Gasteiger partial charge >= 0.3 is 0 Å². The van der Waals surface area contributed by atoms with E-state index in [2.05, 4.69) is 18.0 Å². The van der Waals surface area contributed by atoms with Crippen molar-refractivity contribution in [2.24, 2.45) is 0 Å². The van der Waals surface area contributed by atoms with E-state index in [1.807, 2.05) is 31.2 Å². The smallest absolute Gasteiger partial charge is 0.135 e. The molecule has 0 aromatic heterocycles. The minimum absolute atomic E-state index is 0.349. The summed E-state index contributed by atoms with van der Waals surface area (Å²) in [5.74, 6) is 0.796. The molecule has 78 valence electrons. The van der Waals surface area contributed by atoms with Gasteiger partial charge in [0.1, 0.15) is 11.8 Å². The molecule has 1 unspecified atom stereocenters. The highest BCUT2D eigenvalue weighted by atomic mass is 16.5. The molecule has 0 saturated carbocycles. The van der Waals surface area contributed by atoms with Crippen molar-refractivity contribution in [2.75, 3.05) is 12.4 Å². The lowest BCUT2D eigenvalue weighted by Crippen LogP contribution is -2.17. The monoisotopic (exact) mass is 202 g/mol. The van der Waals surface area contributed by atoms with Crippen LogP contribution in [0.3, 0.4) is 0 Å². The number of methoxy groups -OCH3 is 1. The summed E-state index contributed by atoms with van der Waals surface area (Å²) in [7, 11) is 1.62. The van der Waals surface area contributed by atoms with Crippen molar-refractivity contribution in [3.05, 3.63) is 36.4 Å². The summed E-state index contributed by atoms with van der Waals surface area (Å²) in [6.07, 6.45) is 0. The van der Waals surface area contributed by atoms with E-state index in [0.717, 1.165) is 17.0 Å². The van der Waals surface area contributed by atoms with Gasteiger partial charge in [-0.2, -0.15) is 5.26 Å². The molecular weight excluding hydrogens is 188 g/mol. The molecule has 0 spiro atoms. The molecule has 1 aromatic carbocycles. The minimum atomic E-state index is -0.349. The zero-order valence-corrected chi connectivity index (χ0v) is 8.95. The third-order valence-electron chi connectivity index (χ3n) is 2.02. The zero-order chi connectivity index (χ0) is 11.3. The molecule has 1 N–H and O–H groups in total. The van der Waals surface area contributed by atoms with Crippen molar-refractivity contribution in [1.29, 1.82) is 5.26 Å². The van der Waals surface area contributed by atoms with Crippen LogP contribution in [-0.4, -0.2) is 13.2 Å². The highest BCUT2D eigenvalue weighted by molar-refractivity contribution is 5.49. The average molecular weight is 202 g/mol. The fraction of sp³-hybridized carbons (Fsp3) is 0.250. The van der Waals surface area contributed by atoms with Crippen LogP contribution in [0, 0.1) is 11.3 Å². The third-order valence-corrected chi connectivity index (χ3v) is 2.02. The van der Waals surface area contributed by atoms with Crippen molar-refractivity contribution in [3.63, 3.8) is 0 Å². The first-order valence-electron chi connectivity index (χ1n) is 4.63. The van der Waals surface area contributed by atoms with E-state index in [4.69, 9.17) is 10.00 Å². The maximum atomic E-state index is 8.86. The Labute approximate surface area is 90.0 Å². The number of nitrogens with one attached hydrogen (secondary N) is 1. The van der Waals surface area contributed by atoms with Crippen LogP contribution in [0.15, 0.2) is 36.4 Å². The quantitative estimate of drug-likeness (QED) is 0.763. The Morgan fingerprint density at radius 1 is 1.47 bits per heavy atom. The minimum Gasteiger partial charge on any atom is -0.497 e. The lowest BCUT2D eigenvalue weighted by Gasteiger charge is -2.12. The molecular formula is C12H14N2O. The van der Waals surface area contributed by atoms with E-state index < -0.39 is 0 Å². The largest absolute Gasteiger partial charge is 0.497 e. The van der Waals surface area contributed by atoms with E-state index in [1.165, 1.54) is 0 Å². The van der Waals surface area contributed by atoms with Crippen molar-refractivity contribution in [1.82, 2.24) is 0 Å². The highest BCUT2D eigenvalue weighted by Gasteiger charge is 2.06. The van der Waals surface area contributed by atoms with E-state index >= 15 is 0 Å². The van der Waals surface area contributed by atoms with Gasteiger partial charge < -0.3 is 10.1 Å². The molecule has 3 nitrogen and oxygen atoms in total. The molecule has 0 aliphatic rings. The number of hydrogen-bond acceptors (Lipinski definition) is 3. The first-order chi connectivity index (χ1) is 7.17. The lowest BCUT2D eigenvalue weighted by molar-refractivity contribution is 0.415. The average Bonchev–Trinajstić information content (AvgIpc) is 2.26. The van der Waals surface area contributed by atoms with Crippen LogP contribution in [-0.2, 0) is 0 Å². The first kappa shape index (κ1) is 11.1. The second kappa shape index (κ2) is 5.06. The Morgan fingerprint density at radius 2 is 2.07 bits per heavy atom. The second-order valence-corrected chi connectivity index (χ2v) is 3.28. The van der Waals surface area contributed by atoms with E-state index in [9.17, 15) is 0 Å². The standard InChI is InChI=1S/C12H14N2O/c1-9(2)12(8-13)14-10-4-6-11(15-3)7-5-10/h4-7,12,14H,1H2,2-3H3. The van der Waals surface area contributed by atoms with Crippen molar-refractivity contribution in [3.8, 4) is 11.8 Å². The van der Waals surface area contributed by atoms with E-state index in [-0.39, 0.29) is 6.04 Å². The van der Waals surface area contributed by atoms with Crippen molar-refractivity contribution < 1.29 is 4.74 Å². The molecule has 0 aliphatic carbocycles. The van der Waals surface area contributed by atoms with Crippen molar-refractivity contribution in [2.45, 2.75) is 13.0 Å². The molecule has 0 heterocycles. The number of hydrogen-bond donors (Lipinski definition) is 1. The molecule has 0 saturated heterocycles. The maximum absolute atomic E-state index is 8.86. The predicted octanol–water partition coefficient (Wildman–Crippen LogP) is 2.58. The van der Waals surface area contributed by atoms with Crippen LogP contribution in [0.2, 0.25) is 0 Å². The van der Waals surface area contributed by atoms with Crippen LogP contribution < -0.4 is 10.1 Å². The zero-order valence-electron chi connectivity index (χ0n) is 8.95. The summed E-state index contributed by atoms with van der Waals surface area (Å²) in [6.45, 7) is 5.57. The van der Waals surface area contributed by atoms with Gasteiger partial charge in [0, 0.05) is 5.69 Å². The Morgan fingerprint density at radius 3 is 2.47 bits per heavy atom. The van der Waals surface area contributed by atoms with Gasteiger partial charge in [-0.05, 0) is 36.8 Å². The van der Waals surface area contributed by atoms with Gasteiger partial charge in [0.15, 0.2) is 0 Å². The molecule has 0 amide bonds. The fourth-order valence-electron chi connectivity index (χ4n) is 1.12. The molecule has 1 aromatic rings. The SMILES string of the molecule is C=C(C)C(C#N)Nc1ccc(OC)cc1. The Balaban J connectivity index is 2.72. The van der Waals surface area contributed by atoms with Gasteiger partial charge in [-0.25, -0.2) is 0 Å². The van der Waals surface area contributed by atoms with Crippen LogP contribution in [0.1, 0.15) is 6.92 Å². The number of nitriles is 1. The highest BCUT2D eigenvalue weighted by Crippen LogP contribution is 2.16. The number of ether oxygens (including phenoxy) is 1. The van der Waals surface area contributed by atoms with Gasteiger partial charge in [-0.1, -0.05) is 6.58 Å². The summed E-state index contributed by atoms with van der Waals surface area (Å²) < 4.78 is 5.04. The molecule has 15 heavy (non-hydrogen) atoms. The van der Waals surface area contributed by atoms with E-state index in [0.29, 0.717) is 0 Å². The first-order valence-corrected chi connectivity index (χ1v) is 4.63. The van der Waals surface area contributed by atoms with Gasteiger partial charge in [0.2, 0.25) is 0 Å². The lowest BCUT2D eigenvalue weighted by atomic mass is 10.1. The number of rotatable bonds is 4. The van der Waals surface area contributed by atoms with E-state index in [1.54, 1.807) is 7.11 Å². The summed E-state index contributed by atoms with van der Waals surface area (Å²) >= 11 is 0. The van der Waals surface area contributed by atoms with Gasteiger partial charge in [-0.15, -0.1) is 0 Å². The van der Waals surface area contributed by atoms with Crippen molar-refractivity contribution >= 4 is 5.69 Å². The van der Waals surface area contributed by atoms with Crippen LogP contribution in [0.5, 0.6) is 5.75 Å². The normalized spacial score (nSPS) is 11.3. The number of nitrogens with zero attached hydrogens (tertiary/aromatic N) is 1.